The number of nitrogens with one attached hydrogen (secondary N) is 1. The van der Waals surface area contributed by atoms with Gasteiger partial charge in [-0.05, 0) is 37.3 Å². The number of nitrogens with two attached hydrogens (primary N) is 1. The molecule has 7 N–H and O–H groups in total. The Bertz CT molecular complexity index is 191. The first kappa shape index (κ1) is 18.7. The highest BCUT2D eigenvalue weighted by Crippen LogP contribution is 2.49. The smallest absolute Gasteiger partial charge is 0.384 e. The fraction of sp³-hybridized carbons (Fsp3) is 1.00. The third-order valence-electron chi connectivity index (χ3n) is 1.85. The van der Waals surface area contributed by atoms with E-state index >= 15 is 0 Å². The topological polar surface area (TPSA) is 127 Å². The Balaban J connectivity index is 0. The normalized spacial score (nSPS) is 11.2. The van der Waals surface area contributed by atoms with Gasteiger partial charge in [0.2, 0.25) is 0 Å². The second kappa shape index (κ2) is 11.9. The maximum absolute atomic E-state index is 10.5. The fourth-order valence-corrected chi connectivity index (χ4v) is 2.57. The first-order valence-electron chi connectivity index (χ1n) is 5.17. The highest BCUT2D eigenvalue weighted by atomic mass is 32.7. The quantitative estimate of drug-likeness (QED) is 0.330. The first-order chi connectivity index (χ1) is 7.06. The van der Waals surface area contributed by atoms with Gasteiger partial charge >= 0.3 is 6.80 Å². The largest absolute Gasteiger partial charge is 0.412 e. The zero-order valence-corrected chi connectivity index (χ0v) is 11.1. The number of rotatable bonds is 10. The van der Waals surface area contributed by atoms with Crippen molar-refractivity contribution in [2.45, 2.75) is 25.7 Å². The molecule has 0 bridgehead atoms. The summed E-state index contributed by atoms with van der Waals surface area (Å²) in [6.07, 6.45) is 4.50. The molecule has 0 aliphatic carbocycles. The molecule has 0 rings (SSSR count). The van der Waals surface area contributed by atoms with Crippen molar-refractivity contribution in [2.24, 2.45) is 5.73 Å². The maximum Gasteiger partial charge on any atom is 0.384 e. The van der Waals surface area contributed by atoms with Crippen LogP contribution >= 0.6 is 18.2 Å². The summed E-state index contributed by atoms with van der Waals surface area (Å²) in [5, 5.41) is 3.14. The van der Waals surface area contributed by atoms with Crippen LogP contribution in [0, 0.1) is 0 Å². The molecule has 0 saturated carbocycles. The average Bonchev–Trinajstić information content (AvgIpc) is 2.14. The van der Waals surface area contributed by atoms with Crippen LogP contribution in [0.4, 0.5) is 0 Å². The summed E-state index contributed by atoms with van der Waals surface area (Å²) in [5.74, 6) is 0.451. The Labute approximate surface area is 101 Å². The van der Waals surface area contributed by atoms with Crippen molar-refractivity contribution in [1.29, 1.82) is 0 Å². The molecule has 0 amide bonds. The van der Waals surface area contributed by atoms with Crippen LogP contribution in [0.15, 0.2) is 0 Å². The molecule has 0 aromatic rings. The lowest BCUT2D eigenvalue weighted by Crippen LogP contribution is -2.18. The van der Waals surface area contributed by atoms with Gasteiger partial charge in [0.25, 0.3) is 0 Å². The summed E-state index contributed by atoms with van der Waals surface area (Å²) in [6.45, 7) is -1.56. The van der Waals surface area contributed by atoms with Crippen LogP contribution in [-0.4, -0.2) is 40.7 Å². The van der Waals surface area contributed by atoms with E-state index in [1.54, 1.807) is 0 Å². The zero-order valence-electron chi connectivity index (χ0n) is 9.39. The second-order valence-electron chi connectivity index (χ2n) is 3.28. The maximum atomic E-state index is 10.5. The van der Waals surface area contributed by atoms with Crippen LogP contribution < -0.4 is 11.1 Å². The zero-order chi connectivity index (χ0) is 11.6. The molecule has 0 aromatic heterocycles. The molecule has 6 nitrogen and oxygen atoms in total. The third kappa shape index (κ3) is 16.8. The SMILES string of the molecule is NCCCCCCNCCSP(=O)(O)O.O. The second-order valence-corrected chi connectivity index (χ2v) is 7.13. The van der Waals surface area contributed by atoms with Gasteiger partial charge in [-0.15, -0.1) is 0 Å². The van der Waals surface area contributed by atoms with Gasteiger partial charge in [0.1, 0.15) is 0 Å². The van der Waals surface area contributed by atoms with Crippen molar-refractivity contribution >= 4 is 18.2 Å². The van der Waals surface area contributed by atoms with E-state index in [1.165, 1.54) is 0 Å². The Morgan fingerprint density at radius 2 is 1.75 bits per heavy atom. The standard InChI is InChI=1S/C8H21N2O3PS.H2O/c9-5-3-1-2-4-6-10-7-8-15-14(11,12)13;/h10H,1-9H2,(H2,11,12,13);1H2. The molecule has 0 aliphatic heterocycles. The summed E-state index contributed by atoms with van der Waals surface area (Å²) < 4.78 is 10.5. The molecule has 0 unspecified atom stereocenters. The summed E-state index contributed by atoms with van der Waals surface area (Å²) in [7, 11) is 0. The van der Waals surface area contributed by atoms with Crippen LogP contribution in [0.1, 0.15) is 25.7 Å². The monoisotopic (exact) mass is 274 g/mol. The molecular formula is C8H23N2O4PS. The lowest BCUT2D eigenvalue weighted by atomic mass is 10.2. The summed E-state index contributed by atoms with van der Waals surface area (Å²) in [6, 6.07) is 0. The molecule has 0 spiro atoms. The molecule has 0 aromatic carbocycles. The predicted molar refractivity (Wildman–Crippen MR) is 68.5 cm³/mol. The molecule has 100 valence electrons. The minimum absolute atomic E-state index is 0. The van der Waals surface area contributed by atoms with Crippen molar-refractivity contribution in [3.63, 3.8) is 0 Å². The molecule has 0 radical (unpaired) electrons. The number of hydrogen-bond donors (Lipinski definition) is 4. The van der Waals surface area contributed by atoms with Crippen LogP contribution in [0.25, 0.3) is 0 Å². The van der Waals surface area contributed by atoms with Crippen molar-refractivity contribution < 1.29 is 19.8 Å². The van der Waals surface area contributed by atoms with E-state index < -0.39 is 6.80 Å². The van der Waals surface area contributed by atoms with Crippen LogP contribution in [0.5, 0.6) is 0 Å². The van der Waals surface area contributed by atoms with Gasteiger partial charge in [-0.25, -0.2) is 4.57 Å². The van der Waals surface area contributed by atoms with Crippen LogP contribution in [-0.2, 0) is 4.57 Å². The van der Waals surface area contributed by atoms with Crippen molar-refractivity contribution in [3.05, 3.63) is 0 Å². The average molecular weight is 274 g/mol. The molecule has 0 atom stereocenters. The fourth-order valence-electron chi connectivity index (χ4n) is 1.11. The first-order valence-corrected chi connectivity index (χ1v) is 8.37. The minimum Gasteiger partial charge on any atom is -0.412 e. The highest BCUT2D eigenvalue weighted by molar-refractivity contribution is 8.54. The summed E-state index contributed by atoms with van der Waals surface area (Å²) >= 11 is 0.693. The molecule has 0 heterocycles. The Morgan fingerprint density at radius 3 is 2.31 bits per heavy atom. The molecular weight excluding hydrogens is 251 g/mol. The lowest BCUT2D eigenvalue weighted by molar-refractivity contribution is 0.397. The van der Waals surface area contributed by atoms with Gasteiger partial charge in [0.05, 0.1) is 0 Å². The minimum atomic E-state index is -3.87. The van der Waals surface area contributed by atoms with E-state index in [1.807, 2.05) is 0 Å². The lowest BCUT2D eigenvalue weighted by Gasteiger charge is -2.05. The van der Waals surface area contributed by atoms with Gasteiger partial charge < -0.3 is 26.3 Å². The molecule has 0 saturated heterocycles. The Morgan fingerprint density at radius 1 is 1.12 bits per heavy atom. The van der Waals surface area contributed by atoms with E-state index in [4.69, 9.17) is 15.5 Å². The van der Waals surface area contributed by atoms with E-state index in [-0.39, 0.29) is 5.48 Å². The van der Waals surface area contributed by atoms with E-state index in [0.29, 0.717) is 23.7 Å². The third-order valence-corrected chi connectivity index (χ3v) is 4.13. The van der Waals surface area contributed by atoms with Gasteiger partial charge in [-0.3, -0.25) is 0 Å². The van der Waals surface area contributed by atoms with Gasteiger partial charge in [0.15, 0.2) is 0 Å². The highest BCUT2D eigenvalue weighted by Gasteiger charge is 2.11. The number of hydrogen-bond acceptors (Lipinski definition) is 4. The molecule has 8 heteroatoms. The van der Waals surface area contributed by atoms with E-state index in [9.17, 15) is 4.57 Å². The Hall–Kier alpha value is 0.380. The van der Waals surface area contributed by atoms with Gasteiger partial charge in [-0.1, -0.05) is 12.8 Å². The molecule has 16 heavy (non-hydrogen) atoms. The van der Waals surface area contributed by atoms with Crippen molar-refractivity contribution in [3.8, 4) is 0 Å². The van der Waals surface area contributed by atoms with Crippen LogP contribution in [0.3, 0.4) is 0 Å². The van der Waals surface area contributed by atoms with E-state index in [0.717, 1.165) is 38.8 Å². The van der Waals surface area contributed by atoms with Crippen molar-refractivity contribution in [1.82, 2.24) is 5.32 Å². The number of unbranched alkanes of at least 4 members (excludes halogenated alkanes) is 3. The van der Waals surface area contributed by atoms with Gasteiger partial charge in [-0.2, -0.15) is 0 Å². The van der Waals surface area contributed by atoms with Crippen molar-refractivity contribution in [2.75, 3.05) is 25.4 Å². The predicted octanol–water partition coefficient (Wildman–Crippen LogP) is 0.0963. The Kier molecular flexibility index (Phi) is 13.9. The van der Waals surface area contributed by atoms with Crippen LogP contribution in [0.2, 0.25) is 0 Å². The van der Waals surface area contributed by atoms with Gasteiger partial charge in [0, 0.05) is 12.3 Å². The summed E-state index contributed by atoms with van der Waals surface area (Å²) in [4.78, 5) is 17.1. The summed E-state index contributed by atoms with van der Waals surface area (Å²) in [5.41, 5.74) is 5.36. The molecule has 0 aliphatic rings. The molecule has 0 fully saturated rings. The van der Waals surface area contributed by atoms with E-state index in [2.05, 4.69) is 5.32 Å².